The van der Waals surface area contributed by atoms with Crippen molar-refractivity contribution in [2.45, 2.75) is 70.3 Å². The van der Waals surface area contributed by atoms with Gasteiger partial charge in [0.25, 0.3) is 0 Å². The van der Waals surface area contributed by atoms with E-state index in [1.54, 1.807) is 12.0 Å². The van der Waals surface area contributed by atoms with Crippen molar-refractivity contribution in [3.8, 4) is 16.9 Å². The number of methoxy groups -OCH3 is 1. The molecule has 226 valence electrons. The van der Waals surface area contributed by atoms with Gasteiger partial charge >= 0.3 is 6.09 Å². The van der Waals surface area contributed by atoms with E-state index in [2.05, 4.69) is 14.9 Å². The number of ether oxygens (including phenoxy) is 3. The number of β-amino-alcohol motifs (C(OH)–C–C–N with tert-alkyl or cyclic N) is 1. The molecule has 1 amide bonds. The molecule has 3 N–H and O–H groups in total. The van der Waals surface area contributed by atoms with Gasteiger partial charge < -0.3 is 34.9 Å². The van der Waals surface area contributed by atoms with Crippen LogP contribution in [0.4, 0.5) is 16.2 Å². The fourth-order valence-corrected chi connectivity index (χ4v) is 5.98. The van der Waals surface area contributed by atoms with Gasteiger partial charge in [-0.3, -0.25) is 4.90 Å². The molecular formula is C30H46N6O5. The summed E-state index contributed by atoms with van der Waals surface area (Å²) in [6.07, 6.45) is 8.08. The third kappa shape index (κ3) is 7.07. The molecule has 41 heavy (non-hydrogen) atoms. The van der Waals surface area contributed by atoms with Gasteiger partial charge in [-0.15, -0.1) is 0 Å². The standard InChI is InChI=1S/C30H46N6O5/c1-29(2,3)41-28(37)35-14-12-33(13-15-35)21-30(38)8-10-34(11-9-30)25-18-26(39-4)24(31)17-23(25)22-19-32-36(20-22)27-7-5-6-16-40-27/h17-20,27,38H,5-16,21,31H2,1-4H3. The van der Waals surface area contributed by atoms with Gasteiger partial charge in [-0.1, -0.05) is 0 Å². The Morgan fingerprint density at radius 2 is 1.88 bits per heavy atom. The summed E-state index contributed by atoms with van der Waals surface area (Å²) in [5.74, 6) is 0.635. The van der Waals surface area contributed by atoms with Crippen molar-refractivity contribution < 1.29 is 24.1 Å². The minimum absolute atomic E-state index is 0.0347. The smallest absolute Gasteiger partial charge is 0.410 e. The molecule has 1 aromatic heterocycles. The zero-order valence-electron chi connectivity index (χ0n) is 25.0. The third-order valence-corrected chi connectivity index (χ3v) is 8.29. The molecule has 4 heterocycles. The Morgan fingerprint density at radius 1 is 1.15 bits per heavy atom. The number of piperazine rings is 1. The number of benzene rings is 1. The predicted octanol–water partition coefficient (Wildman–Crippen LogP) is 3.72. The molecule has 2 aromatic rings. The maximum absolute atomic E-state index is 12.4. The van der Waals surface area contributed by atoms with Crippen molar-refractivity contribution in [3.63, 3.8) is 0 Å². The maximum atomic E-state index is 12.4. The van der Waals surface area contributed by atoms with Crippen LogP contribution in [0.25, 0.3) is 11.1 Å². The molecule has 0 radical (unpaired) electrons. The second-order valence-corrected chi connectivity index (χ2v) is 12.6. The number of piperidine rings is 1. The predicted molar refractivity (Wildman–Crippen MR) is 158 cm³/mol. The molecule has 0 spiro atoms. The number of nitrogens with zero attached hydrogens (tertiary/aromatic N) is 5. The van der Waals surface area contributed by atoms with Crippen molar-refractivity contribution in [2.75, 3.05) is 70.2 Å². The number of nitrogens with two attached hydrogens (primary N) is 1. The molecule has 0 saturated carbocycles. The van der Waals surface area contributed by atoms with Gasteiger partial charge in [-0.25, -0.2) is 9.48 Å². The van der Waals surface area contributed by atoms with Gasteiger partial charge in [0.15, 0.2) is 0 Å². The summed E-state index contributed by atoms with van der Waals surface area (Å²) >= 11 is 0. The number of anilines is 2. The lowest BCUT2D eigenvalue weighted by Gasteiger charge is -2.44. The van der Waals surface area contributed by atoms with Crippen LogP contribution in [0.1, 0.15) is 59.1 Å². The molecule has 1 unspecified atom stereocenters. The second-order valence-electron chi connectivity index (χ2n) is 12.6. The highest BCUT2D eigenvalue weighted by Gasteiger charge is 2.36. The molecule has 1 aromatic carbocycles. The molecule has 5 rings (SSSR count). The molecule has 11 heteroatoms. The first-order valence-corrected chi connectivity index (χ1v) is 14.8. The van der Waals surface area contributed by atoms with E-state index in [1.807, 2.05) is 50.0 Å². The number of amides is 1. The van der Waals surface area contributed by atoms with Gasteiger partial charge in [-0.05, 0) is 58.9 Å². The number of nitrogen functional groups attached to an aromatic ring is 1. The first-order valence-electron chi connectivity index (χ1n) is 14.8. The average Bonchev–Trinajstić information content (AvgIpc) is 3.44. The molecule has 3 saturated heterocycles. The van der Waals surface area contributed by atoms with E-state index in [1.165, 1.54) is 0 Å². The fraction of sp³-hybridized carbons (Fsp3) is 0.667. The summed E-state index contributed by atoms with van der Waals surface area (Å²) in [6, 6.07) is 3.96. The first-order chi connectivity index (χ1) is 19.5. The van der Waals surface area contributed by atoms with Gasteiger partial charge in [-0.2, -0.15) is 5.10 Å². The Labute approximate surface area is 243 Å². The highest BCUT2D eigenvalue weighted by molar-refractivity contribution is 5.83. The molecule has 11 nitrogen and oxygen atoms in total. The Kier molecular flexibility index (Phi) is 8.68. The van der Waals surface area contributed by atoms with Crippen LogP contribution in [0.15, 0.2) is 24.5 Å². The van der Waals surface area contributed by atoms with E-state index in [9.17, 15) is 9.90 Å². The van der Waals surface area contributed by atoms with Gasteiger partial charge in [0.05, 0.1) is 24.6 Å². The molecule has 0 aliphatic carbocycles. The van der Waals surface area contributed by atoms with Gasteiger partial charge in [0.1, 0.15) is 17.6 Å². The van der Waals surface area contributed by atoms with Crippen LogP contribution in [0.2, 0.25) is 0 Å². The van der Waals surface area contributed by atoms with Crippen LogP contribution < -0.4 is 15.4 Å². The monoisotopic (exact) mass is 570 g/mol. The Bertz CT molecular complexity index is 1190. The molecule has 3 aliphatic heterocycles. The van der Waals surface area contributed by atoms with Crippen molar-refractivity contribution in [1.82, 2.24) is 19.6 Å². The zero-order valence-corrected chi connectivity index (χ0v) is 25.0. The molecular weight excluding hydrogens is 524 g/mol. The highest BCUT2D eigenvalue weighted by Crippen LogP contribution is 2.40. The quantitative estimate of drug-likeness (QED) is 0.501. The number of aliphatic hydroxyl groups is 1. The number of hydrogen-bond donors (Lipinski definition) is 2. The number of carbonyl (C=O) groups excluding carboxylic acids is 1. The Morgan fingerprint density at radius 3 is 2.51 bits per heavy atom. The summed E-state index contributed by atoms with van der Waals surface area (Å²) in [7, 11) is 1.63. The minimum atomic E-state index is -0.786. The van der Waals surface area contributed by atoms with Crippen molar-refractivity contribution >= 4 is 17.5 Å². The fourth-order valence-electron chi connectivity index (χ4n) is 5.98. The first kappa shape index (κ1) is 29.5. The summed E-state index contributed by atoms with van der Waals surface area (Å²) in [5.41, 5.74) is 8.63. The SMILES string of the molecule is COc1cc(N2CCC(O)(CN3CCN(C(=O)OC(C)(C)C)CC3)CC2)c(-c2cnn(C3CCCCO3)c2)cc1N. The zero-order chi connectivity index (χ0) is 29.2. The number of hydrogen-bond acceptors (Lipinski definition) is 9. The molecule has 0 bridgehead atoms. The van der Waals surface area contributed by atoms with E-state index >= 15 is 0 Å². The minimum Gasteiger partial charge on any atom is -0.495 e. The lowest BCUT2D eigenvalue weighted by Crippen LogP contribution is -2.56. The third-order valence-electron chi connectivity index (χ3n) is 8.29. The van der Waals surface area contributed by atoms with E-state index in [-0.39, 0.29) is 12.3 Å². The number of carbonyl (C=O) groups is 1. The summed E-state index contributed by atoms with van der Waals surface area (Å²) in [5, 5.41) is 16.2. The topological polar surface area (TPSA) is 119 Å². The van der Waals surface area contributed by atoms with Crippen LogP contribution in [0.5, 0.6) is 5.75 Å². The van der Waals surface area contributed by atoms with Crippen molar-refractivity contribution in [2.24, 2.45) is 0 Å². The Hall–Kier alpha value is -3.02. The molecule has 3 aliphatic rings. The van der Waals surface area contributed by atoms with Crippen LogP contribution >= 0.6 is 0 Å². The van der Waals surface area contributed by atoms with Crippen molar-refractivity contribution in [1.29, 1.82) is 0 Å². The van der Waals surface area contributed by atoms with Crippen LogP contribution in [0, 0.1) is 0 Å². The summed E-state index contributed by atoms with van der Waals surface area (Å²) < 4.78 is 18.9. The second kappa shape index (κ2) is 12.1. The maximum Gasteiger partial charge on any atom is 0.410 e. The van der Waals surface area contributed by atoms with E-state index in [0.717, 1.165) is 55.8 Å². The van der Waals surface area contributed by atoms with Gasteiger partial charge in [0.2, 0.25) is 0 Å². The summed E-state index contributed by atoms with van der Waals surface area (Å²) in [6.45, 7) is 11.0. The van der Waals surface area contributed by atoms with Crippen LogP contribution in [0.3, 0.4) is 0 Å². The number of rotatable bonds is 6. The summed E-state index contributed by atoms with van der Waals surface area (Å²) in [4.78, 5) is 18.7. The van der Waals surface area contributed by atoms with E-state index < -0.39 is 11.2 Å². The lowest BCUT2D eigenvalue weighted by atomic mass is 9.89. The van der Waals surface area contributed by atoms with E-state index in [4.69, 9.17) is 19.9 Å². The lowest BCUT2D eigenvalue weighted by molar-refractivity contribution is -0.0394. The number of aromatic nitrogens is 2. The van der Waals surface area contributed by atoms with Crippen LogP contribution in [-0.2, 0) is 9.47 Å². The molecule has 1 atom stereocenters. The normalized spacial score (nSPS) is 22.0. The van der Waals surface area contributed by atoms with Crippen LogP contribution in [-0.4, -0.2) is 102 Å². The highest BCUT2D eigenvalue weighted by atomic mass is 16.6. The van der Waals surface area contributed by atoms with Gasteiger partial charge in [0, 0.05) is 81.5 Å². The Balaban J connectivity index is 1.23. The van der Waals surface area contributed by atoms with Crippen molar-refractivity contribution in [3.05, 3.63) is 24.5 Å². The van der Waals surface area contributed by atoms with E-state index in [0.29, 0.717) is 57.0 Å². The molecule has 3 fully saturated rings. The largest absolute Gasteiger partial charge is 0.495 e. The average molecular weight is 571 g/mol.